The molecule has 2 aromatic carbocycles. The number of halogens is 2. The quantitative estimate of drug-likeness (QED) is 0.914. The lowest BCUT2D eigenvalue weighted by Crippen LogP contribution is -2.31. The highest BCUT2D eigenvalue weighted by atomic mass is 35.5. The van der Waals surface area contributed by atoms with Crippen LogP contribution in [0.25, 0.3) is 0 Å². The molecule has 3 nitrogen and oxygen atoms in total. The Labute approximate surface area is 127 Å². The van der Waals surface area contributed by atoms with Gasteiger partial charge in [-0.05, 0) is 36.8 Å². The first kappa shape index (κ1) is 15.3. The summed E-state index contributed by atoms with van der Waals surface area (Å²) in [6, 6.07) is 12.7. The number of carbonyl (C=O) groups excluding carboxylic acids is 1. The van der Waals surface area contributed by atoms with Crippen LogP contribution in [0.4, 0.5) is 4.39 Å². The normalized spacial score (nSPS) is 11.8. The number of nitrogens with one attached hydrogen (secondary N) is 1. The molecule has 21 heavy (non-hydrogen) atoms. The van der Waals surface area contributed by atoms with Crippen LogP contribution in [0.1, 0.15) is 18.5 Å². The van der Waals surface area contributed by atoms with E-state index < -0.39 is 0 Å². The molecule has 2 rings (SSSR count). The fourth-order valence-corrected chi connectivity index (χ4v) is 2.01. The molecule has 0 aliphatic heterocycles. The van der Waals surface area contributed by atoms with Crippen molar-refractivity contribution in [3.05, 3.63) is 64.9 Å². The molecule has 1 amide bonds. The van der Waals surface area contributed by atoms with Crippen molar-refractivity contribution < 1.29 is 13.9 Å². The van der Waals surface area contributed by atoms with Gasteiger partial charge in [0.25, 0.3) is 5.91 Å². The van der Waals surface area contributed by atoms with Gasteiger partial charge >= 0.3 is 0 Å². The Kier molecular flexibility index (Phi) is 5.17. The Morgan fingerprint density at radius 3 is 2.57 bits per heavy atom. The first-order valence-corrected chi connectivity index (χ1v) is 6.86. The molecule has 2 aromatic rings. The number of rotatable bonds is 5. The molecule has 1 atom stereocenters. The minimum Gasteiger partial charge on any atom is -0.482 e. The van der Waals surface area contributed by atoms with Crippen LogP contribution in [0.3, 0.4) is 0 Å². The zero-order valence-corrected chi connectivity index (χ0v) is 12.2. The maximum Gasteiger partial charge on any atom is 0.258 e. The molecule has 0 radical (unpaired) electrons. The molecular weight excluding hydrogens is 293 g/mol. The highest BCUT2D eigenvalue weighted by molar-refractivity contribution is 6.32. The van der Waals surface area contributed by atoms with Crippen molar-refractivity contribution in [1.82, 2.24) is 5.32 Å². The molecule has 0 heterocycles. The highest BCUT2D eigenvalue weighted by Crippen LogP contribution is 2.22. The summed E-state index contributed by atoms with van der Waals surface area (Å²) in [5.41, 5.74) is 0.822. The maximum absolute atomic E-state index is 12.8. The predicted octanol–water partition coefficient (Wildman–Crippen LogP) is 3.74. The molecule has 1 unspecified atom stereocenters. The van der Waals surface area contributed by atoms with E-state index in [0.717, 1.165) is 5.56 Å². The van der Waals surface area contributed by atoms with Crippen molar-refractivity contribution in [2.45, 2.75) is 13.0 Å². The minimum atomic E-state index is -0.306. The average molecular weight is 308 g/mol. The van der Waals surface area contributed by atoms with Gasteiger partial charge in [-0.3, -0.25) is 4.79 Å². The first-order valence-electron chi connectivity index (χ1n) is 6.48. The number of ether oxygens (including phenoxy) is 1. The Morgan fingerprint density at radius 1 is 1.24 bits per heavy atom. The van der Waals surface area contributed by atoms with Crippen molar-refractivity contribution in [1.29, 1.82) is 0 Å². The van der Waals surface area contributed by atoms with Crippen molar-refractivity contribution >= 4 is 17.5 Å². The topological polar surface area (TPSA) is 38.3 Å². The van der Waals surface area contributed by atoms with E-state index in [2.05, 4.69) is 5.32 Å². The zero-order chi connectivity index (χ0) is 15.2. The summed E-state index contributed by atoms with van der Waals surface area (Å²) in [6.45, 7) is 1.69. The molecule has 0 aromatic heterocycles. The van der Waals surface area contributed by atoms with Gasteiger partial charge in [-0.25, -0.2) is 4.39 Å². The monoisotopic (exact) mass is 307 g/mol. The molecule has 110 valence electrons. The second-order valence-electron chi connectivity index (χ2n) is 4.56. The van der Waals surface area contributed by atoms with Gasteiger partial charge in [-0.1, -0.05) is 35.9 Å². The first-order chi connectivity index (χ1) is 10.1. The molecular formula is C16H15ClFNO2. The summed E-state index contributed by atoms with van der Waals surface area (Å²) >= 11 is 5.93. The van der Waals surface area contributed by atoms with Crippen LogP contribution in [-0.4, -0.2) is 12.5 Å². The van der Waals surface area contributed by atoms with Crippen LogP contribution in [0.2, 0.25) is 5.02 Å². The standard InChI is InChI=1S/C16H15ClFNO2/c1-11(12-6-8-13(18)9-7-12)19-16(20)10-21-15-5-3-2-4-14(15)17/h2-9,11H,10H2,1H3,(H,19,20). The molecule has 0 bridgehead atoms. The molecule has 0 saturated heterocycles. The molecule has 0 saturated carbocycles. The third-order valence-electron chi connectivity index (χ3n) is 2.94. The smallest absolute Gasteiger partial charge is 0.258 e. The number of hydrogen-bond donors (Lipinski definition) is 1. The van der Waals surface area contributed by atoms with Gasteiger partial charge in [0, 0.05) is 0 Å². The lowest BCUT2D eigenvalue weighted by molar-refractivity contribution is -0.123. The summed E-state index contributed by atoms with van der Waals surface area (Å²) in [7, 11) is 0. The lowest BCUT2D eigenvalue weighted by atomic mass is 10.1. The van der Waals surface area contributed by atoms with E-state index in [1.54, 1.807) is 36.4 Å². The van der Waals surface area contributed by atoms with Gasteiger partial charge in [0.2, 0.25) is 0 Å². The van der Waals surface area contributed by atoms with E-state index >= 15 is 0 Å². The van der Waals surface area contributed by atoms with Crippen LogP contribution < -0.4 is 10.1 Å². The van der Waals surface area contributed by atoms with E-state index in [-0.39, 0.29) is 24.4 Å². The third kappa shape index (κ3) is 4.46. The van der Waals surface area contributed by atoms with Crippen LogP contribution in [-0.2, 0) is 4.79 Å². The van der Waals surface area contributed by atoms with Gasteiger partial charge in [0.05, 0.1) is 11.1 Å². The predicted molar refractivity (Wildman–Crippen MR) is 79.9 cm³/mol. The number of benzene rings is 2. The number of amides is 1. The molecule has 0 fully saturated rings. The van der Waals surface area contributed by atoms with Crippen LogP contribution in [0.15, 0.2) is 48.5 Å². The summed E-state index contributed by atoms with van der Waals surface area (Å²) < 4.78 is 18.2. The Hall–Kier alpha value is -2.07. The fourth-order valence-electron chi connectivity index (χ4n) is 1.82. The van der Waals surface area contributed by atoms with Crippen molar-refractivity contribution in [2.75, 3.05) is 6.61 Å². The molecule has 0 spiro atoms. The Morgan fingerprint density at radius 2 is 1.90 bits per heavy atom. The largest absolute Gasteiger partial charge is 0.482 e. The van der Waals surface area contributed by atoms with Gasteiger partial charge in [0.15, 0.2) is 6.61 Å². The van der Waals surface area contributed by atoms with E-state index in [9.17, 15) is 9.18 Å². The average Bonchev–Trinajstić information content (AvgIpc) is 2.47. The van der Waals surface area contributed by atoms with Crippen LogP contribution in [0.5, 0.6) is 5.75 Å². The van der Waals surface area contributed by atoms with Gasteiger partial charge in [0.1, 0.15) is 11.6 Å². The van der Waals surface area contributed by atoms with E-state index in [0.29, 0.717) is 10.8 Å². The van der Waals surface area contributed by atoms with E-state index in [1.165, 1.54) is 12.1 Å². The van der Waals surface area contributed by atoms with Crippen molar-refractivity contribution in [2.24, 2.45) is 0 Å². The molecule has 5 heteroatoms. The minimum absolute atomic E-state index is 0.130. The van der Waals surface area contributed by atoms with E-state index in [1.807, 2.05) is 6.92 Å². The Bertz CT molecular complexity index is 616. The second kappa shape index (κ2) is 7.09. The Balaban J connectivity index is 1.87. The van der Waals surface area contributed by atoms with Crippen molar-refractivity contribution in [3.8, 4) is 5.75 Å². The summed E-state index contributed by atoms with van der Waals surface area (Å²) in [6.07, 6.45) is 0. The summed E-state index contributed by atoms with van der Waals surface area (Å²) in [5, 5.41) is 3.23. The second-order valence-corrected chi connectivity index (χ2v) is 4.97. The SMILES string of the molecule is CC(NC(=O)COc1ccccc1Cl)c1ccc(F)cc1. The molecule has 1 N–H and O–H groups in total. The zero-order valence-electron chi connectivity index (χ0n) is 11.5. The maximum atomic E-state index is 12.8. The number of hydrogen-bond acceptors (Lipinski definition) is 2. The number of para-hydroxylation sites is 1. The highest BCUT2D eigenvalue weighted by Gasteiger charge is 2.11. The summed E-state index contributed by atoms with van der Waals surface area (Å²) in [4.78, 5) is 11.8. The fraction of sp³-hybridized carbons (Fsp3) is 0.188. The molecule has 0 aliphatic rings. The molecule has 0 aliphatic carbocycles. The van der Waals surface area contributed by atoms with Gasteiger partial charge in [-0.15, -0.1) is 0 Å². The number of carbonyl (C=O) groups is 1. The van der Waals surface area contributed by atoms with Gasteiger partial charge < -0.3 is 10.1 Å². The van der Waals surface area contributed by atoms with Gasteiger partial charge in [-0.2, -0.15) is 0 Å². The van der Waals surface area contributed by atoms with E-state index in [4.69, 9.17) is 16.3 Å². The third-order valence-corrected chi connectivity index (χ3v) is 3.26. The van der Waals surface area contributed by atoms with Crippen LogP contribution in [0, 0.1) is 5.82 Å². The summed E-state index contributed by atoms with van der Waals surface area (Å²) in [5.74, 6) is -0.116. The lowest BCUT2D eigenvalue weighted by Gasteiger charge is -2.15. The van der Waals surface area contributed by atoms with Crippen molar-refractivity contribution in [3.63, 3.8) is 0 Å². The van der Waals surface area contributed by atoms with Crippen LogP contribution >= 0.6 is 11.6 Å².